The summed E-state index contributed by atoms with van der Waals surface area (Å²) in [6.45, 7) is 3.61. The van der Waals surface area contributed by atoms with Gasteiger partial charge in [-0.2, -0.15) is 0 Å². The Kier molecular flexibility index (Phi) is 6.01. The van der Waals surface area contributed by atoms with Crippen molar-refractivity contribution in [2.45, 2.75) is 70.9 Å². The monoisotopic (exact) mass is 241 g/mol. The second-order valence-corrected chi connectivity index (χ2v) is 4.94. The summed E-state index contributed by atoms with van der Waals surface area (Å²) in [6.07, 6.45) is 6.11. The number of hydrogen-bond donors (Lipinski definition) is 1. The number of esters is 1. The molecule has 1 aliphatic rings. The van der Waals surface area contributed by atoms with Gasteiger partial charge in [0.25, 0.3) is 0 Å². The summed E-state index contributed by atoms with van der Waals surface area (Å²) in [5, 5.41) is 2.98. The highest BCUT2D eigenvalue weighted by atomic mass is 16.5. The van der Waals surface area contributed by atoms with Gasteiger partial charge in [-0.3, -0.25) is 9.59 Å². The summed E-state index contributed by atoms with van der Waals surface area (Å²) < 4.78 is 4.97. The minimum atomic E-state index is -0.293. The Morgan fingerprint density at radius 2 is 1.82 bits per heavy atom. The van der Waals surface area contributed by atoms with E-state index in [1.54, 1.807) is 13.8 Å². The molecule has 0 aliphatic heterocycles. The molecule has 17 heavy (non-hydrogen) atoms. The second kappa shape index (κ2) is 7.30. The van der Waals surface area contributed by atoms with E-state index in [2.05, 4.69) is 5.32 Å². The number of carbonyl (C=O) groups is 2. The zero-order chi connectivity index (χ0) is 12.7. The van der Waals surface area contributed by atoms with Gasteiger partial charge in [0.05, 0.1) is 12.5 Å². The number of amides is 1. The Bertz CT molecular complexity index is 257. The molecule has 98 valence electrons. The van der Waals surface area contributed by atoms with Crippen LogP contribution in [0.2, 0.25) is 0 Å². The van der Waals surface area contributed by atoms with E-state index < -0.39 is 0 Å². The van der Waals surface area contributed by atoms with Crippen molar-refractivity contribution >= 4 is 11.9 Å². The van der Waals surface area contributed by atoms with Crippen LogP contribution >= 0.6 is 0 Å². The summed E-state index contributed by atoms with van der Waals surface area (Å²) >= 11 is 0. The number of ether oxygens (including phenoxy) is 1. The maximum atomic E-state index is 11.6. The highest BCUT2D eigenvalue weighted by Gasteiger charge is 2.16. The van der Waals surface area contributed by atoms with Crippen LogP contribution in [-0.4, -0.2) is 24.0 Å². The minimum absolute atomic E-state index is 0.0300. The van der Waals surface area contributed by atoms with E-state index in [0.29, 0.717) is 6.04 Å². The van der Waals surface area contributed by atoms with Gasteiger partial charge in [-0.1, -0.05) is 19.3 Å². The lowest BCUT2D eigenvalue weighted by atomic mass is 9.95. The van der Waals surface area contributed by atoms with Gasteiger partial charge in [0, 0.05) is 12.5 Å². The van der Waals surface area contributed by atoms with Crippen LogP contribution in [0, 0.1) is 0 Å². The third-order valence-corrected chi connectivity index (χ3v) is 2.89. The molecule has 0 radical (unpaired) electrons. The second-order valence-electron chi connectivity index (χ2n) is 4.94. The maximum absolute atomic E-state index is 11.6. The van der Waals surface area contributed by atoms with Crippen LogP contribution in [0.5, 0.6) is 0 Å². The summed E-state index contributed by atoms with van der Waals surface area (Å²) in [4.78, 5) is 22.8. The maximum Gasteiger partial charge on any atom is 0.306 e. The number of carbonyl (C=O) groups excluding carboxylic acids is 2. The van der Waals surface area contributed by atoms with Gasteiger partial charge >= 0.3 is 5.97 Å². The predicted octanol–water partition coefficient (Wildman–Crippen LogP) is 2.17. The normalized spacial score (nSPS) is 16.9. The minimum Gasteiger partial charge on any atom is -0.463 e. The van der Waals surface area contributed by atoms with Crippen molar-refractivity contribution in [2.24, 2.45) is 0 Å². The molecule has 0 aromatic heterocycles. The van der Waals surface area contributed by atoms with E-state index in [1.165, 1.54) is 19.3 Å². The van der Waals surface area contributed by atoms with Crippen molar-refractivity contribution < 1.29 is 14.3 Å². The number of hydrogen-bond acceptors (Lipinski definition) is 3. The third kappa shape index (κ3) is 6.29. The van der Waals surface area contributed by atoms with Gasteiger partial charge < -0.3 is 10.1 Å². The van der Waals surface area contributed by atoms with Crippen LogP contribution in [0.4, 0.5) is 0 Å². The van der Waals surface area contributed by atoms with E-state index in [4.69, 9.17) is 4.74 Å². The predicted molar refractivity (Wildman–Crippen MR) is 65.5 cm³/mol. The van der Waals surface area contributed by atoms with Crippen LogP contribution < -0.4 is 5.32 Å². The van der Waals surface area contributed by atoms with Crippen LogP contribution in [0.15, 0.2) is 0 Å². The zero-order valence-corrected chi connectivity index (χ0v) is 10.8. The summed E-state index contributed by atoms with van der Waals surface area (Å²) in [5.74, 6) is -0.323. The number of nitrogens with one attached hydrogen (secondary N) is 1. The fourth-order valence-electron chi connectivity index (χ4n) is 2.08. The van der Waals surface area contributed by atoms with E-state index >= 15 is 0 Å². The summed E-state index contributed by atoms with van der Waals surface area (Å²) in [6, 6.07) is 0.317. The largest absolute Gasteiger partial charge is 0.463 e. The van der Waals surface area contributed by atoms with E-state index in [9.17, 15) is 9.59 Å². The quantitative estimate of drug-likeness (QED) is 0.750. The lowest BCUT2D eigenvalue weighted by Crippen LogP contribution is -2.36. The van der Waals surface area contributed by atoms with Gasteiger partial charge in [-0.15, -0.1) is 0 Å². The van der Waals surface area contributed by atoms with Crippen LogP contribution in [0.25, 0.3) is 0 Å². The van der Waals surface area contributed by atoms with Gasteiger partial charge in [0.15, 0.2) is 0 Å². The lowest BCUT2D eigenvalue weighted by molar-refractivity contribution is -0.148. The standard InChI is InChI=1S/C13H23NO3/c1-10(2)17-13(16)9-8-12(15)14-11-6-4-3-5-7-11/h10-11H,3-9H2,1-2H3,(H,14,15). The molecule has 0 heterocycles. The Morgan fingerprint density at radius 1 is 1.18 bits per heavy atom. The third-order valence-electron chi connectivity index (χ3n) is 2.89. The molecule has 0 saturated heterocycles. The summed E-state index contributed by atoms with van der Waals surface area (Å²) in [5.41, 5.74) is 0. The molecular weight excluding hydrogens is 218 g/mol. The molecule has 0 aromatic carbocycles. The topological polar surface area (TPSA) is 55.4 Å². The Labute approximate surface area is 103 Å². The number of rotatable bonds is 5. The van der Waals surface area contributed by atoms with Crippen molar-refractivity contribution in [3.8, 4) is 0 Å². The molecule has 1 saturated carbocycles. The molecule has 1 fully saturated rings. The van der Waals surface area contributed by atoms with Gasteiger partial charge in [0.2, 0.25) is 5.91 Å². The Balaban J connectivity index is 2.14. The first-order valence-corrected chi connectivity index (χ1v) is 6.57. The van der Waals surface area contributed by atoms with Crippen molar-refractivity contribution in [3.05, 3.63) is 0 Å². The molecule has 1 amide bonds. The molecular formula is C13H23NO3. The molecule has 1 rings (SSSR count). The Morgan fingerprint density at radius 3 is 2.41 bits per heavy atom. The molecule has 0 unspecified atom stereocenters. The molecule has 0 spiro atoms. The SMILES string of the molecule is CC(C)OC(=O)CCC(=O)NC1CCCCC1. The Hall–Kier alpha value is -1.06. The fraction of sp³-hybridized carbons (Fsp3) is 0.846. The van der Waals surface area contributed by atoms with E-state index in [-0.39, 0.29) is 30.8 Å². The fourth-order valence-corrected chi connectivity index (χ4v) is 2.08. The van der Waals surface area contributed by atoms with Crippen molar-refractivity contribution in [3.63, 3.8) is 0 Å². The first kappa shape index (κ1) is 14.0. The molecule has 0 aromatic rings. The molecule has 4 heteroatoms. The highest BCUT2D eigenvalue weighted by Crippen LogP contribution is 2.17. The van der Waals surface area contributed by atoms with E-state index in [0.717, 1.165) is 12.8 Å². The van der Waals surface area contributed by atoms with Crippen molar-refractivity contribution in [2.75, 3.05) is 0 Å². The van der Waals surface area contributed by atoms with Gasteiger partial charge in [-0.25, -0.2) is 0 Å². The highest BCUT2D eigenvalue weighted by molar-refractivity contribution is 5.81. The average molecular weight is 241 g/mol. The van der Waals surface area contributed by atoms with Gasteiger partial charge in [0.1, 0.15) is 0 Å². The van der Waals surface area contributed by atoms with E-state index in [1.807, 2.05) is 0 Å². The zero-order valence-electron chi connectivity index (χ0n) is 10.8. The van der Waals surface area contributed by atoms with Gasteiger partial charge in [-0.05, 0) is 26.7 Å². The molecule has 4 nitrogen and oxygen atoms in total. The smallest absolute Gasteiger partial charge is 0.306 e. The summed E-state index contributed by atoms with van der Waals surface area (Å²) in [7, 11) is 0. The van der Waals surface area contributed by atoms with Crippen molar-refractivity contribution in [1.82, 2.24) is 5.32 Å². The van der Waals surface area contributed by atoms with Crippen molar-refractivity contribution in [1.29, 1.82) is 0 Å². The molecule has 0 atom stereocenters. The average Bonchev–Trinajstić information content (AvgIpc) is 2.27. The first-order valence-electron chi connectivity index (χ1n) is 6.57. The molecule has 1 N–H and O–H groups in total. The molecule has 0 bridgehead atoms. The van der Waals surface area contributed by atoms with Crippen LogP contribution in [0.1, 0.15) is 58.8 Å². The first-order chi connectivity index (χ1) is 8.08. The molecule has 1 aliphatic carbocycles. The van der Waals surface area contributed by atoms with Crippen LogP contribution in [-0.2, 0) is 14.3 Å². The lowest BCUT2D eigenvalue weighted by Gasteiger charge is -2.22. The van der Waals surface area contributed by atoms with Crippen LogP contribution in [0.3, 0.4) is 0 Å².